The molecule has 17 heavy (non-hydrogen) atoms. The van der Waals surface area contributed by atoms with Crippen LogP contribution < -0.4 is 0 Å². The summed E-state index contributed by atoms with van der Waals surface area (Å²) in [7, 11) is 0. The van der Waals surface area contributed by atoms with Crippen LogP contribution in [0.1, 0.15) is 31.7 Å². The summed E-state index contributed by atoms with van der Waals surface area (Å²) in [6.45, 7) is 5.29. The molecule has 1 amide bonds. The molecule has 1 rings (SSSR count). The van der Waals surface area contributed by atoms with Gasteiger partial charge in [0, 0.05) is 19.5 Å². The largest absolute Gasteiger partial charge is 0.343 e. The molecule has 0 saturated heterocycles. The average molecular weight is 230 g/mol. The summed E-state index contributed by atoms with van der Waals surface area (Å²) in [6.07, 6.45) is 0.266. The van der Waals surface area contributed by atoms with Crippen LogP contribution in [0.15, 0.2) is 30.3 Å². The molecule has 3 heteroatoms. The van der Waals surface area contributed by atoms with Crippen LogP contribution in [0.4, 0.5) is 0 Å². The number of nitrogens with zero attached hydrogens (tertiary/aromatic N) is 2. The van der Waals surface area contributed by atoms with Crippen LogP contribution >= 0.6 is 0 Å². The van der Waals surface area contributed by atoms with E-state index in [4.69, 9.17) is 5.26 Å². The number of benzene rings is 1. The molecule has 0 aliphatic heterocycles. The second kappa shape index (κ2) is 6.70. The molecule has 0 N–H and O–H groups in total. The SMILES string of the molecule is CCN(CC)C(=O)CC(C#N)c1ccccc1. The molecule has 1 unspecified atom stereocenters. The molecule has 3 nitrogen and oxygen atoms in total. The number of nitriles is 1. The zero-order valence-corrected chi connectivity index (χ0v) is 10.4. The van der Waals surface area contributed by atoms with Crippen molar-refractivity contribution in [2.24, 2.45) is 0 Å². The van der Waals surface area contributed by atoms with E-state index >= 15 is 0 Å². The molecule has 0 bridgehead atoms. The van der Waals surface area contributed by atoms with Crippen molar-refractivity contribution in [2.45, 2.75) is 26.2 Å². The molecular formula is C14H18N2O. The summed E-state index contributed by atoms with van der Waals surface area (Å²) >= 11 is 0. The van der Waals surface area contributed by atoms with E-state index in [1.165, 1.54) is 0 Å². The summed E-state index contributed by atoms with van der Waals surface area (Å²) in [5.74, 6) is -0.297. The number of amides is 1. The molecule has 1 aromatic rings. The van der Waals surface area contributed by atoms with Crippen molar-refractivity contribution in [1.29, 1.82) is 5.26 Å². The van der Waals surface area contributed by atoms with Crippen LogP contribution in [0.5, 0.6) is 0 Å². The van der Waals surface area contributed by atoms with Gasteiger partial charge in [0.15, 0.2) is 0 Å². The molecule has 0 heterocycles. The van der Waals surface area contributed by atoms with E-state index in [1.807, 2.05) is 44.2 Å². The van der Waals surface area contributed by atoms with E-state index < -0.39 is 0 Å². The van der Waals surface area contributed by atoms with Gasteiger partial charge in [-0.1, -0.05) is 30.3 Å². The molecule has 0 aliphatic carbocycles. The maximum absolute atomic E-state index is 11.9. The topological polar surface area (TPSA) is 44.1 Å². The fourth-order valence-electron chi connectivity index (χ4n) is 1.80. The first-order chi connectivity index (χ1) is 8.22. The van der Waals surface area contributed by atoms with Gasteiger partial charge in [0.2, 0.25) is 5.91 Å². The van der Waals surface area contributed by atoms with E-state index in [0.717, 1.165) is 5.56 Å². The van der Waals surface area contributed by atoms with Crippen LogP contribution in [-0.4, -0.2) is 23.9 Å². The van der Waals surface area contributed by atoms with Crippen molar-refractivity contribution < 1.29 is 4.79 Å². The van der Waals surface area contributed by atoms with Crippen LogP contribution in [0, 0.1) is 11.3 Å². The minimum absolute atomic E-state index is 0.0467. The molecule has 0 radical (unpaired) electrons. The minimum Gasteiger partial charge on any atom is -0.343 e. The lowest BCUT2D eigenvalue weighted by Gasteiger charge is -2.20. The quantitative estimate of drug-likeness (QED) is 0.780. The smallest absolute Gasteiger partial charge is 0.224 e. The van der Waals surface area contributed by atoms with E-state index in [9.17, 15) is 4.79 Å². The highest BCUT2D eigenvalue weighted by molar-refractivity contribution is 5.77. The Labute approximate surface area is 103 Å². The minimum atomic E-state index is -0.343. The van der Waals surface area contributed by atoms with Crippen LogP contribution in [-0.2, 0) is 4.79 Å². The number of carbonyl (C=O) groups excluding carboxylic acids is 1. The first-order valence-electron chi connectivity index (χ1n) is 5.95. The lowest BCUT2D eigenvalue weighted by atomic mass is 9.97. The molecule has 0 saturated carbocycles. The number of carbonyl (C=O) groups is 1. The zero-order chi connectivity index (χ0) is 12.7. The van der Waals surface area contributed by atoms with Crippen molar-refractivity contribution in [3.8, 4) is 6.07 Å². The highest BCUT2D eigenvalue weighted by Crippen LogP contribution is 2.19. The Balaban J connectivity index is 2.72. The Kier molecular flexibility index (Phi) is 5.22. The van der Waals surface area contributed by atoms with Gasteiger partial charge in [-0.05, 0) is 19.4 Å². The third-order valence-electron chi connectivity index (χ3n) is 2.85. The Morgan fingerprint density at radius 1 is 1.29 bits per heavy atom. The second-order valence-corrected chi connectivity index (χ2v) is 3.86. The van der Waals surface area contributed by atoms with Crippen molar-refractivity contribution >= 4 is 5.91 Å². The summed E-state index contributed by atoms with van der Waals surface area (Å²) < 4.78 is 0. The van der Waals surface area contributed by atoms with Gasteiger partial charge in [0.1, 0.15) is 0 Å². The van der Waals surface area contributed by atoms with Crippen molar-refractivity contribution in [3.63, 3.8) is 0 Å². The number of hydrogen-bond donors (Lipinski definition) is 0. The van der Waals surface area contributed by atoms with Gasteiger partial charge in [-0.3, -0.25) is 4.79 Å². The number of hydrogen-bond acceptors (Lipinski definition) is 2. The summed E-state index contributed by atoms with van der Waals surface area (Å²) in [6, 6.07) is 11.7. The molecule has 90 valence electrons. The fourth-order valence-corrected chi connectivity index (χ4v) is 1.80. The van der Waals surface area contributed by atoms with Crippen molar-refractivity contribution in [2.75, 3.05) is 13.1 Å². The third kappa shape index (κ3) is 3.60. The monoisotopic (exact) mass is 230 g/mol. The third-order valence-corrected chi connectivity index (χ3v) is 2.85. The Hall–Kier alpha value is -1.82. The van der Waals surface area contributed by atoms with Gasteiger partial charge in [0.05, 0.1) is 12.0 Å². The van der Waals surface area contributed by atoms with E-state index in [1.54, 1.807) is 4.90 Å². The average Bonchev–Trinajstić information content (AvgIpc) is 2.38. The maximum atomic E-state index is 11.9. The first-order valence-corrected chi connectivity index (χ1v) is 5.95. The van der Waals surface area contributed by atoms with E-state index in [-0.39, 0.29) is 18.2 Å². The standard InChI is InChI=1S/C14H18N2O/c1-3-16(4-2)14(17)10-13(11-15)12-8-6-5-7-9-12/h5-9,13H,3-4,10H2,1-2H3. The van der Waals surface area contributed by atoms with E-state index in [0.29, 0.717) is 13.1 Å². The molecule has 0 aromatic heterocycles. The van der Waals surface area contributed by atoms with Gasteiger partial charge in [-0.15, -0.1) is 0 Å². The molecule has 0 aliphatic rings. The molecule has 1 atom stereocenters. The Morgan fingerprint density at radius 2 is 1.88 bits per heavy atom. The Bertz CT molecular complexity index is 390. The van der Waals surface area contributed by atoms with Crippen LogP contribution in [0.25, 0.3) is 0 Å². The zero-order valence-electron chi connectivity index (χ0n) is 10.4. The van der Waals surface area contributed by atoms with Crippen LogP contribution in [0.3, 0.4) is 0 Å². The van der Waals surface area contributed by atoms with Crippen molar-refractivity contribution in [3.05, 3.63) is 35.9 Å². The lowest BCUT2D eigenvalue weighted by Crippen LogP contribution is -2.31. The maximum Gasteiger partial charge on any atom is 0.224 e. The summed E-state index contributed by atoms with van der Waals surface area (Å²) in [5.41, 5.74) is 0.913. The van der Waals surface area contributed by atoms with Gasteiger partial charge >= 0.3 is 0 Å². The summed E-state index contributed by atoms with van der Waals surface area (Å²) in [4.78, 5) is 13.7. The first kappa shape index (κ1) is 13.2. The predicted molar refractivity (Wildman–Crippen MR) is 67.3 cm³/mol. The fraction of sp³-hybridized carbons (Fsp3) is 0.429. The molecule has 1 aromatic carbocycles. The Morgan fingerprint density at radius 3 is 2.35 bits per heavy atom. The molecule has 0 fully saturated rings. The highest BCUT2D eigenvalue weighted by atomic mass is 16.2. The van der Waals surface area contributed by atoms with Gasteiger partial charge < -0.3 is 4.90 Å². The predicted octanol–water partition coefficient (Wildman–Crippen LogP) is 2.55. The highest BCUT2D eigenvalue weighted by Gasteiger charge is 2.18. The lowest BCUT2D eigenvalue weighted by molar-refractivity contribution is -0.130. The van der Waals surface area contributed by atoms with E-state index in [2.05, 4.69) is 6.07 Å². The second-order valence-electron chi connectivity index (χ2n) is 3.86. The van der Waals surface area contributed by atoms with Crippen LogP contribution in [0.2, 0.25) is 0 Å². The molecule has 0 spiro atoms. The van der Waals surface area contributed by atoms with Gasteiger partial charge in [0.25, 0.3) is 0 Å². The molecular weight excluding hydrogens is 212 g/mol. The van der Waals surface area contributed by atoms with Gasteiger partial charge in [-0.25, -0.2) is 0 Å². The van der Waals surface area contributed by atoms with Gasteiger partial charge in [-0.2, -0.15) is 5.26 Å². The van der Waals surface area contributed by atoms with Crippen molar-refractivity contribution in [1.82, 2.24) is 4.90 Å². The number of rotatable bonds is 5. The summed E-state index contributed by atoms with van der Waals surface area (Å²) in [5, 5.41) is 9.13. The normalized spacial score (nSPS) is 11.6.